The van der Waals surface area contributed by atoms with Crippen molar-refractivity contribution in [2.75, 3.05) is 44.8 Å². The van der Waals surface area contributed by atoms with Gasteiger partial charge in [-0.05, 0) is 24.7 Å². The normalized spacial score (nSPS) is 25.4. The van der Waals surface area contributed by atoms with Gasteiger partial charge in [-0.1, -0.05) is 6.92 Å². The van der Waals surface area contributed by atoms with Crippen molar-refractivity contribution in [1.29, 1.82) is 0 Å². The second-order valence-corrected chi connectivity index (χ2v) is 6.01. The molecule has 0 spiro atoms. The number of hydrogen-bond acceptors (Lipinski definition) is 4. The van der Waals surface area contributed by atoms with E-state index in [1.807, 2.05) is 0 Å². The molecule has 0 radical (unpaired) electrons. The SMILES string of the molecule is CCc1cn(CCCOC)c(N2C[C@H]3CNC[C@H]3C2)n1. The third kappa shape index (κ3) is 2.69. The van der Waals surface area contributed by atoms with Crippen molar-refractivity contribution in [1.82, 2.24) is 14.9 Å². The Labute approximate surface area is 121 Å². The highest BCUT2D eigenvalue weighted by Crippen LogP contribution is 2.30. The molecule has 2 fully saturated rings. The van der Waals surface area contributed by atoms with Crippen molar-refractivity contribution >= 4 is 5.95 Å². The van der Waals surface area contributed by atoms with E-state index in [2.05, 4.69) is 27.9 Å². The molecule has 3 rings (SSSR count). The van der Waals surface area contributed by atoms with Crippen LogP contribution in [0.3, 0.4) is 0 Å². The van der Waals surface area contributed by atoms with Gasteiger partial charge in [0.05, 0.1) is 5.69 Å². The van der Waals surface area contributed by atoms with Crippen LogP contribution in [0, 0.1) is 11.8 Å². The Bertz CT molecular complexity index is 433. The summed E-state index contributed by atoms with van der Waals surface area (Å²) in [5.41, 5.74) is 1.20. The molecule has 0 amide bonds. The lowest BCUT2D eigenvalue weighted by molar-refractivity contribution is 0.190. The number of ether oxygens (including phenoxy) is 1. The summed E-state index contributed by atoms with van der Waals surface area (Å²) in [4.78, 5) is 7.33. The molecule has 0 aromatic carbocycles. The second kappa shape index (κ2) is 6.14. The first-order chi connectivity index (χ1) is 9.81. The number of aromatic nitrogens is 2. The second-order valence-electron chi connectivity index (χ2n) is 6.01. The molecule has 3 heterocycles. The Balaban J connectivity index is 1.72. The van der Waals surface area contributed by atoms with Crippen molar-refractivity contribution in [3.05, 3.63) is 11.9 Å². The number of aryl methyl sites for hydroxylation is 2. The molecule has 0 saturated carbocycles. The predicted molar refractivity (Wildman–Crippen MR) is 80.2 cm³/mol. The van der Waals surface area contributed by atoms with Gasteiger partial charge in [0.15, 0.2) is 0 Å². The first kappa shape index (κ1) is 13.9. The summed E-state index contributed by atoms with van der Waals surface area (Å²) in [6.45, 7) is 8.64. The molecule has 20 heavy (non-hydrogen) atoms. The fraction of sp³-hybridized carbons (Fsp3) is 0.800. The molecule has 2 atom stereocenters. The van der Waals surface area contributed by atoms with E-state index in [1.165, 1.54) is 24.7 Å². The smallest absolute Gasteiger partial charge is 0.205 e. The van der Waals surface area contributed by atoms with Gasteiger partial charge in [0.25, 0.3) is 0 Å². The monoisotopic (exact) mass is 278 g/mol. The zero-order valence-electron chi connectivity index (χ0n) is 12.6. The lowest BCUT2D eigenvalue weighted by Crippen LogP contribution is -2.28. The van der Waals surface area contributed by atoms with Crippen LogP contribution in [-0.2, 0) is 17.7 Å². The standard InChI is InChI=1S/C15H26N4O/c1-3-14-11-18(5-4-6-20-2)15(17-14)19-9-12-7-16-8-13(12)10-19/h11-13,16H,3-10H2,1-2H3/t12-,13+. The summed E-state index contributed by atoms with van der Waals surface area (Å²) in [5, 5.41) is 3.50. The number of rotatable bonds is 6. The number of hydrogen-bond donors (Lipinski definition) is 1. The largest absolute Gasteiger partial charge is 0.385 e. The molecule has 0 bridgehead atoms. The third-order valence-corrected chi connectivity index (χ3v) is 4.59. The van der Waals surface area contributed by atoms with Crippen LogP contribution in [0.1, 0.15) is 19.0 Å². The van der Waals surface area contributed by atoms with Crippen molar-refractivity contribution in [2.45, 2.75) is 26.3 Å². The van der Waals surface area contributed by atoms with Gasteiger partial charge in [0.1, 0.15) is 0 Å². The molecule has 2 saturated heterocycles. The van der Waals surface area contributed by atoms with E-state index < -0.39 is 0 Å². The minimum atomic E-state index is 0.809. The van der Waals surface area contributed by atoms with Crippen LogP contribution in [0.2, 0.25) is 0 Å². The molecule has 112 valence electrons. The molecule has 5 heteroatoms. The minimum absolute atomic E-state index is 0.809. The van der Waals surface area contributed by atoms with E-state index in [4.69, 9.17) is 9.72 Å². The Morgan fingerprint density at radius 1 is 1.35 bits per heavy atom. The van der Waals surface area contributed by atoms with Crippen LogP contribution >= 0.6 is 0 Å². The summed E-state index contributed by atoms with van der Waals surface area (Å²) < 4.78 is 7.49. The quantitative estimate of drug-likeness (QED) is 0.792. The van der Waals surface area contributed by atoms with Crippen LogP contribution in [0.5, 0.6) is 0 Å². The lowest BCUT2D eigenvalue weighted by atomic mass is 10.0. The topological polar surface area (TPSA) is 42.3 Å². The highest BCUT2D eigenvalue weighted by atomic mass is 16.5. The number of imidazole rings is 1. The van der Waals surface area contributed by atoms with E-state index in [0.29, 0.717) is 0 Å². The average molecular weight is 278 g/mol. The summed E-state index contributed by atoms with van der Waals surface area (Å²) in [6.07, 6.45) is 4.27. The Hall–Kier alpha value is -1.07. The van der Waals surface area contributed by atoms with Gasteiger partial charge in [0, 0.05) is 52.6 Å². The van der Waals surface area contributed by atoms with Crippen LogP contribution in [0.15, 0.2) is 6.20 Å². The fourth-order valence-electron chi connectivity index (χ4n) is 3.44. The van der Waals surface area contributed by atoms with E-state index in [0.717, 1.165) is 50.9 Å². The maximum atomic E-state index is 5.17. The maximum absolute atomic E-state index is 5.17. The van der Waals surface area contributed by atoms with Crippen molar-refractivity contribution in [3.8, 4) is 0 Å². The molecule has 0 unspecified atom stereocenters. The Kier molecular flexibility index (Phi) is 4.27. The molecule has 1 aromatic rings. The lowest BCUT2D eigenvalue weighted by Gasteiger charge is -2.20. The van der Waals surface area contributed by atoms with Gasteiger partial charge < -0.3 is 19.5 Å². The zero-order chi connectivity index (χ0) is 13.9. The minimum Gasteiger partial charge on any atom is -0.385 e. The van der Waals surface area contributed by atoms with Gasteiger partial charge in [-0.15, -0.1) is 0 Å². The molecular formula is C15H26N4O. The molecule has 5 nitrogen and oxygen atoms in total. The molecule has 2 aliphatic rings. The number of anilines is 1. The van der Waals surface area contributed by atoms with Gasteiger partial charge in [0.2, 0.25) is 5.95 Å². The molecule has 2 aliphatic heterocycles. The number of methoxy groups -OCH3 is 1. The van der Waals surface area contributed by atoms with E-state index in [1.54, 1.807) is 7.11 Å². The number of nitrogens with one attached hydrogen (secondary N) is 1. The van der Waals surface area contributed by atoms with Crippen molar-refractivity contribution < 1.29 is 4.74 Å². The predicted octanol–water partition coefficient (Wildman–Crippen LogP) is 1.14. The van der Waals surface area contributed by atoms with E-state index in [9.17, 15) is 0 Å². The number of fused-ring (bicyclic) bond motifs is 1. The summed E-state index contributed by atoms with van der Waals surface area (Å²) in [7, 11) is 1.76. The Morgan fingerprint density at radius 2 is 2.10 bits per heavy atom. The third-order valence-electron chi connectivity index (χ3n) is 4.59. The van der Waals surface area contributed by atoms with Crippen molar-refractivity contribution in [2.24, 2.45) is 11.8 Å². The van der Waals surface area contributed by atoms with Crippen LogP contribution in [0.4, 0.5) is 5.95 Å². The Morgan fingerprint density at radius 3 is 2.75 bits per heavy atom. The summed E-state index contributed by atoms with van der Waals surface area (Å²) in [6, 6.07) is 0. The first-order valence-corrected chi connectivity index (χ1v) is 7.82. The van der Waals surface area contributed by atoms with Gasteiger partial charge in [-0.2, -0.15) is 0 Å². The fourth-order valence-corrected chi connectivity index (χ4v) is 3.44. The highest BCUT2D eigenvalue weighted by molar-refractivity contribution is 5.36. The van der Waals surface area contributed by atoms with Crippen LogP contribution in [-0.4, -0.2) is 49.4 Å². The van der Waals surface area contributed by atoms with Gasteiger partial charge in [-0.25, -0.2) is 4.98 Å². The summed E-state index contributed by atoms with van der Waals surface area (Å²) >= 11 is 0. The molecular weight excluding hydrogens is 252 g/mol. The summed E-state index contributed by atoms with van der Waals surface area (Å²) in [5.74, 6) is 2.79. The molecule has 1 aromatic heterocycles. The van der Waals surface area contributed by atoms with Gasteiger partial charge in [-0.3, -0.25) is 0 Å². The number of nitrogens with zero attached hydrogens (tertiary/aromatic N) is 3. The molecule has 0 aliphatic carbocycles. The van der Waals surface area contributed by atoms with E-state index in [-0.39, 0.29) is 0 Å². The van der Waals surface area contributed by atoms with Crippen LogP contribution in [0.25, 0.3) is 0 Å². The van der Waals surface area contributed by atoms with Crippen LogP contribution < -0.4 is 10.2 Å². The van der Waals surface area contributed by atoms with E-state index >= 15 is 0 Å². The highest BCUT2D eigenvalue weighted by Gasteiger charge is 2.37. The average Bonchev–Trinajstić information content (AvgIpc) is 3.11. The van der Waals surface area contributed by atoms with Gasteiger partial charge >= 0.3 is 0 Å². The zero-order valence-corrected chi connectivity index (χ0v) is 12.6. The van der Waals surface area contributed by atoms with Crippen molar-refractivity contribution in [3.63, 3.8) is 0 Å². The maximum Gasteiger partial charge on any atom is 0.205 e. The first-order valence-electron chi connectivity index (χ1n) is 7.82. The molecule has 1 N–H and O–H groups in total.